The van der Waals surface area contributed by atoms with Crippen LogP contribution < -0.4 is 4.74 Å². The van der Waals surface area contributed by atoms with Crippen molar-refractivity contribution < 1.29 is 19.1 Å². The highest BCUT2D eigenvalue weighted by atomic mass is 79.9. The zero-order valence-corrected chi connectivity index (χ0v) is 20.3. The van der Waals surface area contributed by atoms with Crippen LogP contribution in [-0.2, 0) is 16.0 Å². The minimum Gasteiger partial charge on any atom is -0.494 e. The number of hydrogen-bond acceptors (Lipinski definition) is 7. The lowest BCUT2D eigenvalue weighted by Gasteiger charge is -2.07. The second-order valence-electron chi connectivity index (χ2n) is 5.97. The molecule has 1 aromatic heterocycles. The Morgan fingerprint density at radius 3 is 2.37 bits per heavy atom. The van der Waals surface area contributed by atoms with Gasteiger partial charge < -0.3 is 9.47 Å². The van der Waals surface area contributed by atoms with Gasteiger partial charge in [-0.2, -0.15) is 10.5 Å². The van der Waals surface area contributed by atoms with Crippen LogP contribution in [0.4, 0.5) is 0 Å². The summed E-state index contributed by atoms with van der Waals surface area (Å²) in [6, 6.07) is 7.41. The van der Waals surface area contributed by atoms with E-state index >= 15 is 0 Å². The number of rotatable bonds is 7. The molecule has 0 amide bonds. The van der Waals surface area contributed by atoms with Crippen molar-refractivity contribution in [3.05, 3.63) is 53.1 Å². The predicted octanol–water partition coefficient (Wildman–Crippen LogP) is 5.36. The molecule has 0 fully saturated rings. The molecule has 1 heterocycles. The molecule has 0 atom stereocenters. The third-order valence-electron chi connectivity index (χ3n) is 4.07. The lowest BCUT2D eigenvalue weighted by molar-refractivity contribution is -0.114. The summed E-state index contributed by atoms with van der Waals surface area (Å²) in [7, 11) is 1.53. The summed E-state index contributed by atoms with van der Waals surface area (Å²) in [5, 5.41) is 19.0. The van der Waals surface area contributed by atoms with Crippen LogP contribution in [-0.4, -0.2) is 25.5 Å². The van der Waals surface area contributed by atoms with Gasteiger partial charge >= 0.3 is 5.97 Å². The number of thiophene rings is 1. The molecule has 6 nitrogen and oxygen atoms in total. The van der Waals surface area contributed by atoms with Crippen LogP contribution in [0.15, 0.2) is 26.7 Å². The van der Waals surface area contributed by atoms with Crippen molar-refractivity contribution in [3.8, 4) is 17.9 Å². The Hall–Kier alpha value is -2.46. The number of ketones is 1. The van der Waals surface area contributed by atoms with Gasteiger partial charge in [-0.05, 0) is 75.0 Å². The maximum absolute atomic E-state index is 12.8. The number of carbonyl (C=O) groups excluding carboxylic acids is 2. The first kappa shape index (κ1) is 23.8. The smallest absolute Gasteiger partial charge is 0.348 e. The van der Waals surface area contributed by atoms with E-state index in [4.69, 9.17) is 9.47 Å². The topological polar surface area (TPSA) is 100 Å². The summed E-state index contributed by atoms with van der Waals surface area (Å²) in [5.74, 6) is -0.385. The van der Waals surface area contributed by atoms with Crippen LogP contribution in [0.2, 0.25) is 0 Å². The van der Waals surface area contributed by atoms with E-state index in [9.17, 15) is 20.1 Å². The highest BCUT2D eigenvalue weighted by Gasteiger charge is 2.23. The maximum atomic E-state index is 12.8. The first-order valence-electron chi connectivity index (χ1n) is 8.64. The second-order valence-corrected chi connectivity index (χ2v) is 8.79. The van der Waals surface area contributed by atoms with E-state index in [0.29, 0.717) is 35.6 Å². The SMILES string of the molecule is CCOC(=O)c1sc(CC(=O)/C(C#N)=C/c2cc(Br)c(OC)c(Br)c2)c(C#N)c1C. The van der Waals surface area contributed by atoms with Crippen molar-refractivity contribution in [1.82, 2.24) is 0 Å². The number of nitrogens with zero attached hydrogens (tertiary/aromatic N) is 2. The van der Waals surface area contributed by atoms with Crippen molar-refractivity contribution in [2.45, 2.75) is 20.3 Å². The van der Waals surface area contributed by atoms with E-state index in [1.165, 1.54) is 13.2 Å². The quantitative estimate of drug-likeness (QED) is 0.261. The van der Waals surface area contributed by atoms with Gasteiger partial charge in [-0.1, -0.05) is 0 Å². The largest absolute Gasteiger partial charge is 0.494 e. The lowest BCUT2D eigenvalue weighted by Crippen LogP contribution is -2.05. The summed E-state index contributed by atoms with van der Waals surface area (Å²) in [6.07, 6.45) is 1.31. The standard InChI is InChI=1S/C21H16Br2N2O4S/c1-4-29-21(27)20-11(2)14(10-25)18(30-20)8-17(26)13(9-24)5-12-6-15(22)19(28-3)16(23)7-12/h5-7H,4,8H2,1-3H3/b13-5+. The van der Waals surface area contributed by atoms with Crippen molar-refractivity contribution >= 4 is 61.0 Å². The van der Waals surface area contributed by atoms with Gasteiger partial charge in [-0.25, -0.2) is 4.79 Å². The van der Waals surface area contributed by atoms with Crippen LogP contribution in [0, 0.1) is 29.6 Å². The molecule has 0 aliphatic heterocycles. The molecule has 0 unspecified atom stereocenters. The van der Waals surface area contributed by atoms with Crippen molar-refractivity contribution in [3.63, 3.8) is 0 Å². The fourth-order valence-electron chi connectivity index (χ4n) is 2.68. The number of allylic oxidation sites excluding steroid dienone is 1. The Kier molecular flexibility index (Phi) is 8.36. The second kappa shape index (κ2) is 10.5. The number of nitriles is 2. The number of halogens is 2. The molecule has 0 spiro atoms. The molecule has 2 aromatic rings. The van der Waals surface area contributed by atoms with Gasteiger partial charge in [0.15, 0.2) is 5.78 Å². The van der Waals surface area contributed by atoms with E-state index in [1.54, 1.807) is 26.0 Å². The molecule has 1 aromatic carbocycles. The molecule has 0 aliphatic carbocycles. The number of methoxy groups -OCH3 is 1. The molecule has 0 saturated heterocycles. The minimum atomic E-state index is -0.529. The zero-order chi connectivity index (χ0) is 22.4. The van der Waals surface area contributed by atoms with Crippen LogP contribution in [0.25, 0.3) is 6.08 Å². The van der Waals surface area contributed by atoms with Crippen LogP contribution in [0.5, 0.6) is 5.75 Å². The molecule has 0 aliphatic rings. The number of carbonyl (C=O) groups is 2. The maximum Gasteiger partial charge on any atom is 0.348 e. The van der Waals surface area contributed by atoms with Gasteiger partial charge in [0.2, 0.25) is 0 Å². The fourth-order valence-corrected chi connectivity index (χ4v) is 5.37. The highest BCUT2D eigenvalue weighted by molar-refractivity contribution is 9.11. The molecular formula is C21H16Br2N2O4S. The Balaban J connectivity index is 2.38. The summed E-state index contributed by atoms with van der Waals surface area (Å²) >= 11 is 7.82. The molecule has 0 N–H and O–H groups in total. The Bertz CT molecular complexity index is 1100. The lowest BCUT2D eigenvalue weighted by atomic mass is 10.0. The van der Waals surface area contributed by atoms with Crippen molar-refractivity contribution in [2.75, 3.05) is 13.7 Å². The van der Waals surface area contributed by atoms with Crippen molar-refractivity contribution in [1.29, 1.82) is 10.5 Å². The molecule has 154 valence electrons. The van der Waals surface area contributed by atoms with E-state index in [1.807, 2.05) is 12.1 Å². The highest BCUT2D eigenvalue weighted by Crippen LogP contribution is 2.35. The van der Waals surface area contributed by atoms with Crippen molar-refractivity contribution in [2.24, 2.45) is 0 Å². The van der Waals surface area contributed by atoms with Crippen LogP contribution in [0.3, 0.4) is 0 Å². The predicted molar refractivity (Wildman–Crippen MR) is 120 cm³/mol. The number of benzene rings is 1. The van der Waals surface area contributed by atoms with E-state index < -0.39 is 11.8 Å². The normalized spacial score (nSPS) is 10.8. The van der Waals surface area contributed by atoms with Crippen LogP contribution in [0.1, 0.15) is 38.2 Å². The zero-order valence-electron chi connectivity index (χ0n) is 16.3. The molecule has 0 radical (unpaired) electrons. The van der Waals surface area contributed by atoms with E-state index in [0.717, 1.165) is 11.3 Å². The first-order valence-corrected chi connectivity index (χ1v) is 11.0. The van der Waals surface area contributed by atoms with Gasteiger partial charge in [0.25, 0.3) is 0 Å². The Morgan fingerprint density at radius 1 is 1.23 bits per heavy atom. The van der Waals surface area contributed by atoms with E-state index in [2.05, 4.69) is 31.9 Å². The molecule has 0 bridgehead atoms. The summed E-state index contributed by atoms with van der Waals surface area (Å²) in [5.41, 5.74) is 1.30. The summed E-state index contributed by atoms with van der Waals surface area (Å²) < 4.78 is 11.6. The first-order chi connectivity index (χ1) is 14.3. The summed E-state index contributed by atoms with van der Waals surface area (Å²) in [6.45, 7) is 3.54. The molecule has 30 heavy (non-hydrogen) atoms. The molecule has 9 heteroatoms. The van der Waals surface area contributed by atoms with Gasteiger partial charge in [-0.3, -0.25) is 4.79 Å². The van der Waals surface area contributed by atoms with Gasteiger partial charge in [0.05, 0.1) is 33.8 Å². The van der Waals surface area contributed by atoms with Gasteiger partial charge in [0, 0.05) is 11.3 Å². The third kappa shape index (κ3) is 5.17. The molecule has 2 rings (SSSR count). The average Bonchev–Trinajstić information content (AvgIpc) is 3.01. The van der Waals surface area contributed by atoms with E-state index in [-0.39, 0.29) is 24.2 Å². The number of ether oxygens (including phenoxy) is 2. The third-order valence-corrected chi connectivity index (χ3v) is 6.52. The monoisotopic (exact) mass is 550 g/mol. The average molecular weight is 552 g/mol. The Morgan fingerprint density at radius 2 is 1.87 bits per heavy atom. The van der Waals surface area contributed by atoms with Gasteiger partial charge in [0.1, 0.15) is 22.8 Å². The molecule has 0 saturated carbocycles. The van der Waals surface area contributed by atoms with Gasteiger partial charge in [-0.15, -0.1) is 11.3 Å². The minimum absolute atomic E-state index is 0.0633. The molecular weight excluding hydrogens is 536 g/mol. The fraction of sp³-hybridized carbons (Fsp3) is 0.238. The summed E-state index contributed by atoms with van der Waals surface area (Å²) in [4.78, 5) is 25.6. The number of Topliss-reactive ketones (excluding diaryl/α,β-unsaturated/α-hetero) is 1. The Labute approximate surface area is 195 Å². The number of hydrogen-bond donors (Lipinski definition) is 0. The number of esters is 1. The van der Waals surface area contributed by atoms with Crippen LogP contribution >= 0.6 is 43.2 Å².